The van der Waals surface area contributed by atoms with Crippen LogP contribution in [0.15, 0.2) is 29.3 Å². The summed E-state index contributed by atoms with van der Waals surface area (Å²) in [4.78, 5) is 16.0. The molecule has 0 bridgehead atoms. The number of amides is 1. The van der Waals surface area contributed by atoms with E-state index in [9.17, 15) is 18.0 Å². The fraction of sp³-hybridized carbons (Fsp3) is 0.385. The fourth-order valence-corrected chi connectivity index (χ4v) is 1.98. The minimum atomic E-state index is -4.73. The number of hydrogen-bond donors (Lipinski definition) is 2. The zero-order valence-electron chi connectivity index (χ0n) is 10.8. The van der Waals surface area contributed by atoms with Gasteiger partial charge >= 0.3 is 6.36 Å². The third kappa shape index (κ3) is 3.45. The molecule has 21 heavy (non-hydrogen) atoms. The monoisotopic (exact) mass is 299 g/mol. The van der Waals surface area contributed by atoms with E-state index in [0.29, 0.717) is 17.6 Å². The van der Waals surface area contributed by atoms with E-state index in [-0.39, 0.29) is 11.7 Å². The van der Waals surface area contributed by atoms with E-state index in [1.54, 1.807) is 0 Å². The van der Waals surface area contributed by atoms with Crippen molar-refractivity contribution in [1.29, 1.82) is 0 Å². The first-order chi connectivity index (χ1) is 9.90. The molecule has 1 saturated carbocycles. The average Bonchev–Trinajstić information content (AvgIpc) is 3.11. The number of alkyl halides is 3. The molecule has 0 aromatic heterocycles. The van der Waals surface area contributed by atoms with Gasteiger partial charge in [-0.05, 0) is 30.5 Å². The van der Waals surface area contributed by atoms with E-state index in [2.05, 4.69) is 20.4 Å². The van der Waals surface area contributed by atoms with Gasteiger partial charge in [0.2, 0.25) is 0 Å². The summed E-state index contributed by atoms with van der Waals surface area (Å²) in [5.41, 5.74) is 0.509. The number of benzene rings is 1. The second-order valence-electron chi connectivity index (χ2n) is 4.90. The number of nitrogens with zero attached hydrogens (tertiary/aromatic N) is 1. The van der Waals surface area contributed by atoms with Gasteiger partial charge in [0.15, 0.2) is 12.0 Å². The lowest BCUT2D eigenvalue weighted by Gasteiger charge is -2.10. The van der Waals surface area contributed by atoms with Crippen molar-refractivity contribution in [2.45, 2.75) is 31.3 Å². The third-order valence-electron chi connectivity index (χ3n) is 3.10. The van der Waals surface area contributed by atoms with Crippen molar-refractivity contribution in [3.05, 3.63) is 29.8 Å². The smallest absolute Gasteiger partial charge is 0.406 e. The number of carbonyl (C=O) groups excluding carboxylic acids is 1. The van der Waals surface area contributed by atoms with Crippen LogP contribution in [0.1, 0.15) is 24.4 Å². The zero-order chi connectivity index (χ0) is 15.0. The molecule has 1 aromatic rings. The standard InChI is InChI=1S/C13H12F3N3O2/c14-13(15,16)21-9-5-1-7(2-6-9)10-11(20)19-12(18-10)17-8-3-4-8/h1-2,5-6,8,10H,3-4H2,(H2,17,18,19,20). The van der Waals surface area contributed by atoms with Gasteiger partial charge in [-0.1, -0.05) is 12.1 Å². The number of aliphatic imine (C=N–C) groups is 1. The quantitative estimate of drug-likeness (QED) is 0.895. The number of ether oxygens (including phenoxy) is 1. The molecule has 1 amide bonds. The van der Waals surface area contributed by atoms with E-state index in [1.807, 2.05) is 0 Å². The summed E-state index contributed by atoms with van der Waals surface area (Å²) in [6.45, 7) is 0. The molecule has 0 radical (unpaired) electrons. The largest absolute Gasteiger partial charge is 0.573 e. The second-order valence-corrected chi connectivity index (χ2v) is 4.90. The first-order valence-electron chi connectivity index (χ1n) is 6.42. The number of guanidine groups is 1. The van der Waals surface area contributed by atoms with Gasteiger partial charge in [-0.25, -0.2) is 4.99 Å². The Hall–Kier alpha value is -2.25. The molecule has 8 heteroatoms. The predicted octanol–water partition coefficient (Wildman–Crippen LogP) is 1.86. The maximum atomic E-state index is 12.1. The van der Waals surface area contributed by atoms with E-state index in [1.165, 1.54) is 12.1 Å². The van der Waals surface area contributed by atoms with Gasteiger partial charge in [0, 0.05) is 6.04 Å². The molecule has 1 fully saturated rings. The number of rotatable bonds is 3. The van der Waals surface area contributed by atoms with E-state index < -0.39 is 12.4 Å². The first kappa shape index (κ1) is 13.7. The minimum absolute atomic E-state index is 0.303. The van der Waals surface area contributed by atoms with Gasteiger partial charge in [0.25, 0.3) is 5.91 Å². The first-order valence-corrected chi connectivity index (χ1v) is 6.42. The third-order valence-corrected chi connectivity index (χ3v) is 3.10. The molecule has 1 aliphatic heterocycles. The van der Waals surface area contributed by atoms with Gasteiger partial charge in [0.05, 0.1) is 0 Å². The highest BCUT2D eigenvalue weighted by atomic mass is 19.4. The minimum Gasteiger partial charge on any atom is -0.406 e. The Morgan fingerprint density at radius 3 is 2.48 bits per heavy atom. The molecule has 5 nitrogen and oxygen atoms in total. The van der Waals surface area contributed by atoms with Crippen LogP contribution in [-0.2, 0) is 4.79 Å². The molecule has 0 saturated heterocycles. The number of carbonyl (C=O) groups is 1. The topological polar surface area (TPSA) is 62.7 Å². The van der Waals surface area contributed by atoms with Crippen LogP contribution in [0.5, 0.6) is 5.75 Å². The lowest BCUT2D eigenvalue weighted by atomic mass is 10.1. The molecule has 1 atom stereocenters. The molecule has 3 rings (SSSR count). The van der Waals surface area contributed by atoms with E-state index >= 15 is 0 Å². The summed E-state index contributed by atoms with van der Waals surface area (Å²) >= 11 is 0. The Morgan fingerprint density at radius 1 is 1.24 bits per heavy atom. The van der Waals surface area contributed by atoms with E-state index in [4.69, 9.17) is 0 Å². The predicted molar refractivity (Wildman–Crippen MR) is 67.6 cm³/mol. The van der Waals surface area contributed by atoms with Gasteiger partial charge in [-0.15, -0.1) is 13.2 Å². The Labute approximate surface area is 118 Å². The molecule has 1 heterocycles. The second kappa shape index (κ2) is 4.94. The van der Waals surface area contributed by atoms with Crippen molar-refractivity contribution in [2.24, 2.45) is 4.99 Å². The van der Waals surface area contributed by atoms with Crippen LogP contribution in [-0.4, -0.2) is 24.3 Å². The molecule has 2 N–H and O–H groups in total. The maximum Gasteiger partial charge on any atom is 0.573 e. The molecule has 1 aliphatic carbocycles. The Balaban J connectivity index is 1.71. The summed E-state index contributed by atoms with van der Waals surface area (Å²) in [7, 11) is 0. The number of nitrogens with one attached hydrogen (secondary N) is 2. The van der Waals surface area contributed by atoms with Gasteiger partial charge in [-0.2, -0.15) is 0 Å². The van der Waals surface area contributed by atoms with E-state index in [0.717, 1.165) is 25.0 Å². The van der Waals surface area contributed by atoms with Crippen molar-refractivity contribution >= 4 is 11.9 Å². The maximum absolute atomic E-state index is 12.1. The fourth-order valence-electron chi connectivity index (χ4n) is 1.98. The highest BCUT2D eigenvalue weighted by molar-refractivity contribution is 6.05. The highest BCUT2D eigenvalue weighted by Gasteiger charge is 2.33. The SMILES string of the molecule is O=C1NC(NC2CC2)=NC1c1ccc(OC(F)(F)F)cc1. The lowest BCUT2D eigenvalue weighted by molar-refractivity contribution is -0.274. The van der Waals surface area contributed by atoms with Crippen LogP contribution in [0.2, 0.25) is 0 Å². The molecule has 1 unspecified atom stereocenters. The molecule has 112 valence electrons. The normalized spacial score (nSPS) is 21.8. The van der Waals surface area contributed by atoms with Crippen molar-refractivity contribution in [2.75, 3.05) is 0 Å². The Bertz CT molecular complexity index is 579. The van der Waals surface area contributed by atoms with Crippen molar-refractivity contribution in [3.63, 3.8) is 0 Å². The summed E-state index contributed by atoms with van der Waals surface area (Å²) < 4.78 is 40.0. The van der Waals surface area contributed by atoms with Crippen LogP contribution < -0.4 is 15.4 Å². The highest BCUT2D eigenvalue weighted by Crippen LogP contribution is 2.27. The van der Waals surface area contributed by atoms with Gasteiger partial charge in [-0.3, -0.25) is 10.1 Å². The molecular formula is C13H12F3N3O2. The number of hydrogen-bond acceptors (Lipinski definition) is 4. The van der Waals surface area contributed by atoms with Crippen LogP contribution >= 0.6 is 0 Å². The lowest BCUT2D eigenvalue weighted by Crippen LogP contribution is -2.37. The zero-order valence-corrected chi connectivity index (χ0v) is 10.8. The summed E-state index contributed by atoms with van der Waals surface area (Å²) in [6.07, 6.45) is -2.64. The molecule has 0 spiro atoms. The van der Waals surface area contributed by atoms with Gasteiger partial charge in [0.1, 0.15) is 5.75 Å². The number of halogens is 3. The van der Waals surface area contributed by atoms with Gasteiger partial charge < -0.3 is 10.1 Å². The van der Waals surface area contributed by atoms with Crippen LogP contribution in [0.4, 0.5) is 13.2 Å². The van der Waals surface area contributed by atoms with Crippen LogP contribution in [0.3, 0.4) is 0 Å². The van der Waals surface area contributed by atoms with Crippen molar-refractivity contribution in [3.8, 4) is 5.75 Å². The van der Waals surface area contributed by atoms with Crippen molar-refractivity contribution in [1.82, 2.24) is 10.6 Å². The molecule has 2 aliphatic rings. The Kier molecular flexibility index (Phi) is 3.23. The molecular weight excluding hydrogens is 287 g/mol. The summed E-state index contributed by atoms with van der Waals surface area (Å²) in [5.74, 6) is -0.212. The van der Waals surface area contributed by atoms with Crippen LogP contribution in [0.25, 0.3) is 0 Å². The van der Waals surface area contributed by atoms with Crippen molar-refractivity contribution < 1.29 is 22.7 Å². The summed E-state index contributed by atoms with van der Waals surface area (Å²) in [5, 5.41) is 5.69. The molecule has 1 aromatic carbocycles. The van der Waals surface area contributed by atoms with Crippen LogP contribution in [0, 0.1) is 0 Å². The summed E-state index contributed by atoms with van der Waals surface area (Å²) in [6, 6.07) is 4.73. The average molecular weight is 299 g/mol. The Morgan fingerprint density at radius 2 is 1.90 bits per heavy atom.